The predicted molar refractivity (Wildman–Crippen MR) is 59.5 cm³/mol. The Bertz CT molecular complexity index is 374. The first-order valence-corrected chi connectivity index (χ1v) is 5.09. The second-order valence-corrected chi connectivity index (χ2v) is 4.45. The number of rotatable bonds is 2. The van der Waals surface area contributed by atoms with Crippen LogP contribution in [0.1, 0.15) is 38.3 Å². The molecule has 0 saturated carbocycles. The van der Waals surface area contributed by atoms with Gasteiger partial charge in [0.1, 0.15) is 6.07 Å². The van der Waals surface area contributed by atoms with Crippen LogP contribution in [-0.2, 0) is 5.41 Å². The van der Waals surface area contributed by atoms with Gasteiger partial charge in [0.2, 0.25) is 0 Å². The fraction of sp³-hybridized carbons (Fsp3) is 0.417. The van der Waals surface area contributed by atoms with Crippen LogP contribution in [0.5, 0.6) is 0 Å². The molecule has 1 nitrogen and oxygen atoms in total. The number of nitriles is 1. The highest BCUT2D eigenvalue weighted by Crippen LogP contribution is 2.29. The lowest BCUT2D eigenvalue weighted by atomic mass is 9.82. The fourth-order valence-electron chi connectivity index (χ4n) is 1.23. The van der Waals surface area contributed by atoms with Gasteiger partial charge in [-0.3, -0.25) is 0 Å². The Morgan fingerprint density at radius 2 is 2.07 bits per heavy atom. The van der Waals surface area contributed by atoms with Gasteiger partial charge in [0.05, 0.1) is 10.6 Å². The van der Waals surface area contributed by atoms with Crippen molar-refractivity contribution >= 4 is 11.6 Å². The SMILES string of the molecule is CCC(C)(C)c1ccc(C#N)c(Cl)c1. The lowest BCUT2D eigenvalue weighted by Crippen LogP contribution is -2.15. The van der Waals surface area contributed by atoms with Crippen LogP contribution < -0.4 is 0 Å². The third kappa shape index (κ3) is 2.08. The van der Waals surface area contributed by atoms with E-state index in [2.05, 4.69) is 26.8 Å². The van der Waals surface area contributed by atoms with Gasteiger partial charge in [0, 0.05) is 0 Å². The molecule has 0 aliphatic heterocycles. The summed E-state index contributed by atoms with van der Waals surface area (Å²) in [7, 11) is 0. The molecule has 0 spiro atoms. The van der Waals surface area contributed by atoms with E-state index in [1.54, 1.807) is 6.07 Å². The van der Waals surface area contributed by atoms with E-state index in [0.717, 1.165) is 6.42 Å². The molecule has 14 heavy (non-hydrogen) atoms. The molecule has 2 heteroatoms. The van der Waals surface area contributed by atoms with Crippen molar-refractivity contribution < 1.29 is 0 Å². The average Bonchev–Trinajstić information content (AvgIpc) is 2.17. The van der Waals surface area contributed by atoms with Crippen molar-refractivity contribution in [1.29, 1.82) is 5.26 Å². The van der Waals surface area contributed by atoms with E-state index < -0.39 is 0 Å². The summed E-state index contributed by atoms with van der Waals surface area (Å²) in [4.78, 5) is 0. The summed E-state index contributed by atoms with van der Waals surface area (Å²) in [6, 6.07) is 7.72. The topological polar surface area (TPSA) is 23.8 Å². The minimum atomic E-state index is 0.123. The van der Waals surface area contributed by atoms with Gasteiger partial charge in [-0.2, -0.15) is 5.26 Å². The zero-order valence-corrected chi connectivity index (χ0v) is 9.52. The number of benzene rings is 1. The zero-order chi connectivity index (χ0) is 10.8. The van der Waals surface area contributed by atoms with Gasteiger partial charge in [0.15, 0.2) is 0 Å². The molecule has 0 radical (unpaired) electrons. The summed E-state index contributed by atoms with van der Waals surface area (Å²) in [6.45, 7) is 6.49. The molecule has 1 aromatic rings. The highest BCUT2D eigenvalue weighted by atomic mass is 35.5. The smallest absolute Gasteiger partial charge is 0.101 e. The van der Waals surface area contributed by atoms with Crippen LogP contribution in [0.25, 0.3) is 0 Å². The van der Waals surface area contributed by atoms with Gasteiger partial charge in [-0.25, -0.2) is 0 Å². The van der Waals surface area contributed by atoms with E-state index >= 15 is 0 Å². The third-order valence-electron chi connectivity index (χ3n) is 2.75. The van der Waals surface area contributed by atoms with Crippen molar-refractivity contribution in [3.05, 3.63) is 34.3 Å². The highest BCUT2D eigenvalue weighted by molar-refractivity contribution is 6.31. The molecular formula is C12H14ClN. The van der Waals surface area contributed by atoms with E-state index in [1.807, 2.05) is 12.1 Å². The number of halogens is 1. The molecule has 0 N–H and O–H groups in total. The molecule has 1 aromatic carbocycles. The summed E-state index contributed by atoms with van der Waals surface area (Å²) in [5.74, 6) is 0. The molecule has 1 rings (SSSR count). The highest BCUT2D eigenvalue weighted by Gasteiger charge is 2.18. The van der Waals surface area contributed by atoms with E-state index in [1.165, 1.54) is 5.56 Å². The summed E-state index contributed by atoms with van der Waals surface area (Å²) in [5, 5.41) is 9.28. The Kier molecular flexibility index (Phi) is 3.18. The monoisotopic (exact) mass is 207 g/mol. The third-order valence-corrected chi connectivity index (χ3v) is 3.07. The molecule has 0 bridgehead atoms. The molecule has 0 heterocycles. The lowest BCUT2D eigenvalue weighted by Gasteiger charge is -2.23. The van der Waals surface area contributed by atoms with E-state index in [0.29, 0.717) is 10.6 Å². The minimum absolute atomic E-state index is 0.123. The van der Waals surface area contributed by atoms with Crippen molar-refractivity contribution in [3.8, 4) is 6.07 Å². The van der Waals surface area contributed by atoms with Gasteiger partial charge < -0.3 is 0 Å². The minimum Gasteiger partial charge on any atom is -0.192 e. The van der Waals surface area contributed by atoms with Crippen molar-refractivity contribution in [2.24, 2.45) is 0 Å². The van der Waals surface area contributed by atoms with Gasteiger partial charge in [-0.05, 0) is 29.5 Å². The lowest BCUT2D eigenvalue weighted by molar-refractivity contribution is 0.506. The van der Waals surface area contributed by atoms with Crippen molar-refractivity contribution in [3.63, 3.8) is 0 Å². The molecule has 0 aliphatic rings. The van der Waals surface area contributed by atoms with Crippen LogP contribution in [0.4, 0.5) is 0 Å². The Morgan fingerprint density at radius 1 is 1.43 bits per heavy atom. The van der Waals surface area contributed by atoms with E-state index in [4.69, 9.17) is 16.9 Å². The van der Waals surface area contributed by atoms with Crippen molar-refractivity contribution in [2.75, 3.05) is 0 Å². The Hall–Kier alpha value is -1.00. The van der Waals surface area contributed by atoms with Crippen molar-refractivity contribution in [2.45, 2.75) is 32.6 Å². The zero-order valence-electron chi connectivity index (χ0n) is 8.76. The second kappa shape index (κ2) is 4.02. The molecular weight excluding hydrogens is 194 g/mol. The Morgan fingerprint density at radius 3 is 2.50 bits per heavy atom. The fourth-order valence-corrected chi connectivity index (χ4v) is 1.45. The maximum atomic E-state index is 8.73. The first-order chi connectivity index (χ1) is 6.51. The van der Waals surface area contributed by atoms with Crippen LogP contribution in [0, 0.1) is 11.3 Å². The molecule has 0 unspecified atom stereocenters. The van der Waals surface area contributed by atoms with Crippen LogP contribution in [0.15, 0.2) is 18.2 Å². The summed E-state index contributed by atoms with van der Waals surface area (Å²) in [6.07, 6.45) is 1.05. The van der Waals surface area contributed by atoms with E-state index in [9.17, 15) is 0 Å². The summed E-state index contributed by atoms with van der Waals surface area (Å²) >= 11 is 5.97. The molecule has 74 valence electrons. The summed E-state index contributed by atoms with van der Waals surface area (Å²) < 4.78 is 0. The number of hydrogen-bond acceptors (Lipinski definition) is 1. The summed E-state index contributed by atoms with van der Waals surface area (Å²) in [5.41, 5.74) is 1.85. The molecule has 0 aliphatic carbocycles. The van der Waals surface area contributed by atoms with Gasteiger partial charge in [0.25, 0.3) is 0 Å². The number of nitrogens with zero attached hydrogens (tertiary/aromatic N) is 1. The standard InChI is InChI=1S/C12H14ClN/c1-4-12(2,3)10-6-5-9(8-14)11(13)7-10/h5-7H,4H2,1-3H3. The normalized spacial score (nSPS) is 11.1. The maximum Gasteiger partial charge on any atom is 0.101 e. The van der Waals surface area contributed by atoms with E-state index in [-0.39, 0.29) is 5.41 Å². The Labute approximate surface area is 90.3 Å². The van der Waals surface area contributed by atoms with Crippen LogP contribution >= 0.6 is 11.6 Å². The van der Waals surface area contributed by atoms with Gasteiger partial charge >= 0.3 is 0 Å². The van der Waals surface area contributed by atoms with Gasteiger partial charge in [-0.15, -0.1) is 0 Å². The van der Waals surface area contributed by atoms with Crippen molar-refractivity contribution in [1.82, 2.24) is 0 Å². The predicted octanol–water partition coefficient (Wildman–Crippen LogP) is 3.90. The first-order valence-electron chi connectivity index (χ1n) is 4.71. The molecule has 0 amide bonds. The van der Waals surface area contributed by atoms with Gasteiger partial charge in [-0.1, -0.05) is 38.4 Å². The second-order valence-electron chi connectivity index (χ2n) is 4.04. The number of hydrogen-bond donors (Lipinski definition) is 0. The molecule has 0 aromatic heterocycles. The molecule has 0 fully saturated rings. The van der Waals surface area contributed by atoms with Crippen LogP contribution in [0.2, 0.25) is 5.02 Å². The Balaban J connectivity index is 3.17. The largest absolute Gasteiger partial charge is 0.192 e. The first kappa shape index (κ1) is 11.1. The van der Waals surface area contributed by atoms with Crippen LogP contribution in [-0.4, -0.2) is 0 Å². The molecule has 0 saturated heterocycles. The van der Waals surface area contributed by atoms with Crippen LogP contribution in [0.3, 0.4) is 0 Å². The quantitative estimate of drug-likeness (QED) is 0.722. The maximum absolute atomic E-state index is 8.73. The average molecular weight is 208 g/mol. The molecule has 0 atom stereocenters.